The van der Waals surface area contributed by atoms with E-state index < -0.39 is 6.43 Å². The van der Waals surface area contributed by atoms with E-state index in [1.54, 1.807) is 12.1 Å². The van der Waals surface area contributed by atoms with Gasteiger partial charge in [-0.15, -0.1) is 0 Å². The van der Waals surface area contributed by atoms with Gasteiger partial charge in [0.05, 0.1) is 12.2 Å². The number of benzene rings is 1. The van der Waals surface area contributed by atoms with Gasteiger partial charge in [-0.25, -0.2) is 8.78 Å². The van der Waals surface area contributed by atoms with Crippen LogP contribution in [0.5, 0.6) is 5.75 Å². The number of aryl methyl sites for hydroxylation is 1. The van der Waals surface area contributed by atoms with Gasteiger partial charge in [-0.05, 0) is 43.4 Å². The van der Waals surface area contributed by atoms with Crippen LogP contribution in [0.3, 0.4) is 0 Å². The third-order valence-corrected chi connectivity index (χ3v) is 2.58. The summed E-state index contributed by atoms with van der Waals surface area (Å²) in [6.07, 6.45) is -0.133. The molecule has 0 atom stereocenters. The van der Waals surface area contributed by atoms with Crippen molar-refractivity contribution < 1.29 is 13.5 Å². The Morgan fingerprint density at radius 1 is 1.40 bits per heavy atom. The summed E-state index contributed by atoms with van der Waals surface area (Å²) < 4.78 is 30.7. The first-order valence-corrected chi connectivity index (χ1v) is 5.18. The molecule has 1 aromatic rings. The monoisotopic (exact) mass is 212 g/mol. The summed E-state index contributed by atoms with van der Waals surface area (Å²) in [5.41, 5.74) is 0.950. The molecule has 82 valence electrons. The van der Waals surface area contributed by atoms with Crippen LogP contribution in [0.2, 0.25) is 0 Å². The molecule has 1 aliphatic rings. The molecule has 3 heteroatoms. The Morgan fingerprint density at radius 2 is 2.13 bits per heavy atom. The maximum atomic E-state index is 12.6. The largest absolute Gasteiger partial charge is 0.493 e. The molecule has 0 heterocycles. The Balaban J connectivity index is 2.13. The second kappa shape index (κ2) is 4.17. The maximum absolute atomic E-state index is 12.6. The number of rotatable bonds is 4. The molecule has 1 fully saturated rings. The zero-order valence-electron chi connectivity index (χ0n) is 8.67. The lowest BCUT2D eigenvalue weighted by molar-refractivity contribution is 0.144. The molecule has 0 unspecified atom stereocenters. The van der Waals surface area contributed by atoms with Gasteiger partial charge in [0.15, 0.2) is 0 Å². The molecule has 2 rings (SSSR count). The van der Waals surface area contributed by atoms with Gasteiger partial charge in [-0.2, -0.15) is 0 Å². The van der Waals surface area contributed by atoms with Crippen molar-refractivity contribution in [2.45, 2.75) is 26.2 Å². The highest BCUT2D eigenvalue weighted by atomic mass is 19.3. The lowest BCUT2D eigenvalue weighted by Crippen LogP contribution is -2.02. The average Bonchev–Trinajstić information content (AvgIpc) is 2.97. The fourth-order valence-electron chi connectivity index (χ4n) is 1.44. The molecule has 0 spiro atoms. The van der Waals surface area contributed by atoms with Crippen molar-refractivity contribution in [1.29, 1.82) is 0 Å². The van der Waals surface area contributed by atoms with Gasteiger partial charge in [-0.1, -0.05) is 6.07 Å². The first-order valence-electron chi connectivity index (χ1n) is 5.18. The maximum Gasteiger partial charge on any atom is 0.267 e. The van der Waals surface area contributed by atoms with E-state index >= 15 is 0 Å². The van der Waals surface area contributed by atoms with Gasteiger partial charge in [0, 0.05) is 0 Å². The van der Waals surface area contributed by atoms with E-state index in [4.69, 9.17) is 4.74 Å². The first-order chi connectivity index (χ1) is 7.16. The highest BCUT2D eigenvalue weighted by molar-refractivity contribution is 5.37. The summed E-state index contributed by atoms with van der Waals surface area (Å²) in [5, 5.41) is 0. The molecule has 0 amide bonds. The number of alkyl halides is 2. The standard InChI is InChI=1S/C12H14F2O/c1-8-2-5-10(12(13)14)11(6-8)15-7-9-3-4-9/h2,5-6,9,12H,3-4,7H2,1H3. The molecular weight excluding hydrogens is 198 g/mol. The number of halogens is 2. The molecule has 0 saturated heterocycles. The third kappa shape index (κ3) is 2.67. The summed E-state index contributed by atoms with van der Waals surface area (Å²) in [7, 11) is 0. The van der Waals surface area contributed by atoms with E-state index in [0.29, 0.717) is 18.3 Å². The van der Waals surface area contributed by atoms with Gasteiger partial charge in [0.2, 0.25) is 0 Å². The third-order valence-electron chi connectivity index (χ3n) is 2.58. The first kappa shape index (κ1) is 10.4. The van der Waals surface area contributed by atoms with Crippen molar-refractivity contribution in [2.24, 2.45) is 5.92 Å². The molecule has 0 radical (unpaired) electrons. The molecule has 1 saturated carbocycles. The number of hydrogen-bond acceptors (Lipinski definition) is 1. The van der Waals surface area contributed by atoms with E-state index in [1.807, 2.05) is 6.92 Å². The van der Waals surface area contributed by atoms with Crippen LogP contribution in [-0.4, -0.2) is 6.61 Å². The van der Waals surface area contributed by atoms with Crippen LogP contribution in [0.4, 0.5) is 8.78 Å². The van der Waals surface area contributed by atoms with Gasteiger partial charge >= 0.3 is 0 Å². The Kier molecular flexibility index (Phi) is 2.89. The van der Waals surface area contributed by atoms with Crippen LogP contribution in [0.1, 0.15) is 30.4 Å². The minimum atomic E-state index is -2.46. The Labute approximate surface area is 88.1 Å². The SMILES string of the molecule is Cc1ccc(C(F)F)c(OCC2CC2)c1. The predicted molar refractivity (Wildman–Crippen MR) is 54.4 cm³/mol. The minimum Gasteiger partial charge on any atom is -0.493 e. The van der Waals surface area contributed by atoms with E-state index in [-0.39, 0.29) is 5.56 Å². The van der Waals surface area contributed by atoms with Crippen LogP contribution in [0.15, 0.2) is 18.2 Å². The lowest BCUT2D eigenvalue weighted by atomic mass is 10.1. The Bertz CT molecular complexity index is 345. The average molecular weight is 212 g/mol. The summed E-state index contributed by atoms with van der Waals surface area (Å²) in [4.78, 5) is 0. The molecular formula is C12H14F2O. The van der Waals surface area contributed by atoms with E-state index in [9.17, 15) is 8.78 Å². The molecule has 0 aromatic heterocycles. The number of hydrogen-bond donors (Lipinski definition) is 0. The van der Waals surface area contributed by atoms with Crippen LogP contribution in [0.25, 0.3) is 0 Å². The second-order valence-electron chi connectivity index (χ2n) is 4.10. The van der Waals surface area contributed by atoms with Crippen LogP contribution >= 0.6 is 0 Å². The quantitative estimate of drug-likeness (QED) is 0.739. The number of ether oxygens (including phenoxy) is 1. The van der Waals surface area contributed by atoms with Crippen LogP contribution < -0.4 is 4.74 Å². The summed E-state index contributed by atoms with van der Waals surface area (Å²) in [5.74, 6) is 0.924. The molecule has 1 aromatic carbocycles. The summed E-state index contributed by atoms with van der Waals surface area (Å²) in [6.45, 7) is 2.45. The molecule has 1 aliphatic carbocycles. The molecule has 0 bridgehead atoms. The fraction of sp³-hybridized carbons (Fsp3) is 0.500. The molecule has 0 aliphatic heterocycles. The van der Waals surface area contributed by atoms with E-state index in [1.165, 1.54) is 6.07 Å². The van der Waals surface area contributed by atoms with E-state index in [2.05, 4.69) is 0 Å². The zero-order chi connectivity index (χ0) is 10.8. The molecule has 0 N–H and O–H groups in total. The predicted octanol–water partition coefficient (Wildman–Crippen LogP) is 3.72. The lowest BCUT2D eigenvalue weighted by Gasteiger charge is -2.11. The Morgan fingerprint density at radius 3 is 2.73 bits per heavy atom. The van der Waals surface area contributed by atoms with Crippen LogP contribution in [-0.2, 0) is 0 Å². The van der Waals surface area contributed by atoms with Crippen LogP contribution in [0, 0.1) is 12.8 Å². The molecule has 15 heavy (non-hydrogen) atoms. The summed E-state index contributed by atoms with van der Waals surface area (Å²) in [6, 6.07) is 4.82. The van der Waals surface area contributed by atoms with Crippen molar-refractivity contribution in [2.75, 3.05) is 6.61 Å². The zero-order valence-corrected chi connectivity index (χ0v) is 8.67. The Hall–Kier alpha value is -1.12. The van der Waals surface area contributed by atoms with Crippen molar-refractivity contribution in [3.8, 4) is 5.75 Å². The van der Waals surface area contributed by atoms with Gasteiger partial charge in [0.1, 0.15) is 5.75 Å². The van der Waals surface area contributed by atoms with Crippen molar-refractivity contribution in [3.05, 3.63) is 29.3 Å². The summed E-state index contributed by atoms with van der Waals surface area (Å²) >= 11 is 0. The van der Waals surface area contributed by atoms with Gasteiger partial charge < -0.3 is 4.74 Å². The van der Waals surface area contributed by atoms with Crippen molar-refractivity contribution >= 4 is 0 Å². The second-order valence-corrected chi connectivity index (χ2v) is 4.10. The molecule has 1 nitrogen and oxygen atoms in total. The highest BCUT2D eigenvalue weighted by Crippen LogP contribution is 2.33. The van der Waals surface area contributed by atoms with Gasteiger partial charge in [-0.3, -0.25) is 0 Å². The minimum absolute atomic E-state index is 0.00116. The van der Waals surface area contributed by atoms with Gasteiger partial charge in [0.25, 0.3) is 6.43 Å². The van der Waals surface area contributed by atoms with Crippen molar-refractivity contribution in [1.82, 2.24) is 0 Å². The highest BCUT2D eigenvalue weighted by Gasteiger charge is 2.23. The van der Waals surface area contributed by atoms with E-state index in [0.717, 1.165) is 18.4 Å². The normalized spacial score (nSPS) is 15.7. The topological polar surface area (TPSA) is 9.23 Å². The smallest absolute Gasteiger partial charge is 0.267 e. The van der Waals surface area contributed by atoms with Crippen molar-refractivity contribution in [3.63, 3.8) is 0 Å². The fourth-order valence-corrected chi connectivity index (χ4v) is 1.44.